The van der Waals surface area contributed by atoms with Crippen molar-refractivity contribution in [3.05, 3.63) is 36.3 Å². The summed E-state index contributed by atoms with van der Waals surface area (Å²) in [5, 5.41) is 14.0. The van der Waals surface area contributed by atoms with E-state index in [1.807, 2.05) is 0 Å². The average molecular weight is 256 g/mol. The largest absolute Gasteiger partial charge is 0.493 e. The van der Waals surface area contributed by atoms with Crippen LogP contribution in [0.5, 0.6) is 5.88 Å². The highest BCUT2D eigenvalue weighted by Crippen LogP contribution is 2.19. The number of hydrogen-bond donors (Lipinski definition) is 2. The van der Waals surface area contributed by atoms with E-state index in [1.165, 1.54) is 0 Å². The molecule has 0 unspecified atom stereocenters. The monoisotopic (exact) mass is 256 g/mol. The number of carbonyl (C=O) groups is 1. The van der Waals surface area contributed by atoms with Gasteiger partial charge < -0.3 is 10.8 Å². The first-order valence-electron chi connectivity index (χ1n) is 5.32. The fourth-order valence-corrected chi connectivity index (χ4v) is 1.62. The molecule has 0 saturated carbocycles. The summed E-state index contributed by atoms with van der Waals surface area (Å²) in [5.74, 6) is -0.626. The molecule has 3 heterocycles. The van der Waals surface area contributed by atoms with Gasteiger partial charge in [0.2, 0.25) is 5.88 Å². The Bertz CT molecular complexity index is 767. The quantitative estimate of drug-likeness (QED) is 0.665. The first kappa shape index (κ1) is 11.1. The van der Waals surface area contributed by atoms with E-state index in [2.05, 4.69) is 20.1 Å². The molecule has 0 aliphatic heterocycles. The molecule has 1 amide bonds. The van der Waals surface area contributed by atoms with Crippen molar-refractivity contribution in [2.24, 2.45) is 5.73 Å². The van der Waals surface area contributed by atoms with E-state index < -0.39 is 5.91 Å². The summed E-state index contributed by atoms with van der Waals surface area (Å²) in [5.41, 5.74) is 5.73. The van der Waals surface area contributed by atoms with E-state index in [4.69, 9.17) is 5.73 Å². The zero-order valence-corrected chi connectivity index (χ0v) is 9.56. The Morgan fingerprint density at radius 3 is 2.74 bits per heavy atom. The van der Waals surface area contributed by atoms with Gasteiger partial charge >= 0.3 is 0 Å². The molecule has 3 aromatic heterocycles. The van der Waals surface area contributed by atoms with Crippen LogP contribution < -0.4 is 5.73 Å². The number of nitrogens with zero attached hydrogens (tertiary/aromatic N) is 5. The van der Waals surface area contributed by atoms with Gasteiger partial charge in [0, 0.05) is 24.2 Å². The molecular formula is C11H8N6O2. The van der Waals surface area contributed by atoms with Gasteiger partial charge in [0.05, 0.1) is 0 Å². The molecule has 0 radical (unpaired) electrons. The lowest BCUT2D eigenvalue weighted by atomic mass is 10.3. The number of carbonyl (C=O) groups excluding carboxylic acids is 1. The first-order valence-corrected chi connectivity index (χ1v) is 5.32. The maximum Gasteiger partial charge on any atom is 0.255 e. The molecule has 0 aliphatic rings. The lowest BCUT2D eigenvalue weighted by molar-refractivity contribution is 0.0996. The maximum absolute atomic E-state index is 11.1. The lowest BCUT2D eigenvalue weighted by Gasteiger charge is -1.99. The molecule has 0 aliphatic carbocycles. The standard InChI is InChI=1S/C11H8N6O2/c12-8(18)7-5-14-11-15-9(16-17(11)10(7)19)6-1-3-13-4-2-6/h1-5,19H,(H2,12,18). The highest BCUT2D eigenvalue weighted by Gasteiger charge is 2.16. The van der Waals surface area contributed by atoms with Crippen molar-refractivity contribution in [3.8, 4) is 17.3 Å². The van der Waals surface area contributed by atoms with Gasteiger partial charge in [-0.25, -0.2) is 4.98 Å². The average Bonchev–Trinajstić information content (AvgIpc) is 2.85. The van der Waals surface area contributed by atoms with Crippen molar-refractivity contribution < 1.29 is 9.90 Å². The second kappa shape index (κ2) is 4.02. The van der Waals surface area contributed by atoms with Gasteiger partial charge in [-0.05, 0) is 12.1 Å². The fraction of sp³-hybridized carbons (Fsp3) is 0. The second-order valence-electron chi connectivity index (χ2n) is 3.74. The zero-order valence-electron chi connectivity index (χ0n) is 9.56. The summed E-state index contributed by atoms with van der Waals surface area (Å²) in [6, 6.07) is 3.45. The highest BCUT2D eigenvalue weighted by atomic mass is 16.3. The van der Waals surface area contributed by atoms with Gasteiger partial charge in [0.15, 0.2) is 5.82 Å². The summed E-state index contributed by atoms with van der Waals surface area (Å²) >= 11 is 0. The predicted octanol–water partition coefficient (Wildman–Crippen LogP) is -0.00920. The summed E-state index contributed by atoms with van der Waals surface area (Å²) in [6.07, 6.45) is 4.37. The number of pyridine rings is 1. The Balaban J connectivity index is 2.22. The van der Waals surface area contributed by atoms with E-state index in [1.54, 1.807) is 24.5 Å². The van der Waals surface area contributed by atoms with Crippen LogP contribution in [0, 0.1) is 0 Å². The maximum atomic E-state index is 11.1. The van der Waals surface area contributed by atoms with E-state index in [-0.39, 0.29) is 17.2 Å². The minimum Gasteiger partial charge on any atom is -0.493 e. The van der Waals surface area contributed by atoms with Crippen LogP contribution in [0.1, 0.15) is 10.4 Å². The van der Waals surface area contributed by atoms with Crippen LogP contribution in [0.15, 0.2) is 30.7 Å². The SMILES string of the molecule is NC(=O)c1cnc2nc(-c3ccncc3)nn2c1O. The Morgan fingerprint density at radius 1 is 1.32 bits per heavy atom. The minimum absolute atomic E-state index is 0.112. The molecule has 8 heteroatoms. The summed E-state index contributed by atoms with van der Waals surface area (Å²) < 4.78 is 1.07. The molecule has 19 heavy (non-hydrogen) atoms. The Morgan fingerprint density at radius 2 is 2.05 bits per heavy atom. The Kier molecular flexibility index (Phi) is 2.34. The lowest BCUT2D eigenvalue weighted by Crippen LogP contribution is -2.13. The van der Waals surface area contributed by atoms with Crippen molar-refractivity contribution in [1.82, 2.24) is 24.6 Å². The third kappa shape index (κ3) is 1.75. The molecule has 0 spiro atoms. The first-order chi connectivity index (χ1) is 9.16. The van der Waals surface area contributed by atoms with Crippen molar-refractivity contribution in [2.45, 2.75) is 0 Å². The third-order valence-electron chi connectivity index (χ3n) is 2.54. The van der Waals surface area contributed by atoms with Crippen LogP contribution in [0.3, 0.4) is 0 Å². The Labute approximate surface area is 106 Å². The molecule has 0 bridgehead atoms. The second-order valence-corrected chi connectivity index (χ2v) is 3.74. The minimum atomic E-state index is -0.784. The van der Waals surface area contributed by atoms with E-state index in [9.17, 15) is 9.90 Å². The van der Waals surface area contributed by atoms with Gasteiger partial charge in [0.1, 0.15) is 5.56 Å². The molecule has 0 fully saturated rings. The third-order valence-corrected chi connectivity index (χ3v) is 2.54. The number of aromatic hydroxyl groups is 1. The van der Waals surface area contributed by atoms with Crippen molar-refractivity contribution >= 4 is 11.7 Å². The molecule has 3 N–H and O–H groups in total. The van der Waals surface area contributed by atoms with Crippen LogP contribution in [0.2, 0.25) is 0 Å². The van der Waals surface area contributed by atoms with Crippen LogP contribution in [-0.4, -0.2) is 35.6 Å². The molecule has 8 nitrogen and oxygen atoms in total. The van der Waals surface area contributed by atoms with Gasteiger partial charge in [-0.2, -0.15) is 9.50 Å². The topological polar surface area (TPSA) is 119 Å². The summed E-state index contributed by atoms with van der Waals surface area (Å²) in [7, 11) is 0. The fourth-order valence-electron chi connectivity index (χ4n) is 1.62. The van der Waals surface area contributed by atoms with Gasteiger partial charge in [-0.3, -0.25) is 9.78 Å². The zero-order chi connectivity index (χ0) is 13.4. The van der Waals surface area contributed by atoms with E-state index >= 15 is 0 Å². The van der Waals surface area contributed by atoms with Gasteiger partial charge in [0.25, 0.3) is 11.7 Å². The smallest absolute Gasteiger partial charge is 0.255 e. The number of primary amides is 1. The molecule has 0 saturated heterocycles. The summed E-state index contributed by atoms with van der Waals surface area (Å²) in [4.78, 5) is 23.1. The number of rotatable bonds is 2. The van der Waals surface area contributed by atoms with Crippen LogP contribution in [0.4, 0.5) is 0 Å². The molecule has 94 valence electrons. The van der Waals surface area contributed by atoms with Crippen molar-refractivity contribution in [2.75, 3.05) is 0 Å². The van der Waals surface area contributed by atoms with E-state index in [0.717, 1.165) is 16.3 Å². The molecule has 3 aromatic rings. The molecule has 0 atom stereocenters. The predicted molar refractivity (Wildman–Crippen MR) is 64.2 cm³/mol. The van der Waals surface area contributed by atoms with E-state index in [0.29, 0.717) is 5.82 Å². The van der Waals surface area contributed by atoms with Gasteiger partial charge in [-0.15, -0.1) is 5.10 Å². The molecule has 3 rings (SSSR count). The van der Waals surface area contributed by atoms with Crippen LogP contribution in [-0.2, 0) is 0 Å². The van der Waals surface area contributed by atoms with Crippen molar-refractivity contribution in [3.63, 3.8) is 0 Å². The number of aromatic nitrogens is 5. The number of hydrogen-bond acceptors (Lipinski definition) is 6. The number of amides is 1. The van der Waals surface area contributed by atoms with Crippen LogP contribution >= 0.6 is 0 Å². The molecule has 0 aromatic carbocycles. The number of nitrogens with two attached hydrogens (primary N) is 1. The van der Waals surface area contributed by atoms with Crippen LogP contribution in [0.25, 0.3) is 17.2 Å². The highest BCUT2D eigenvalue weighted by molar-refractivity contribution is 5.94. The normalized spacial score (nSPS) is 10.7. The number of fused-ring (bicyclic) bond motifs is 1. The summed E-state index contributed by atoms with van der Waals surface area (Å²) in [6.45, 7) is 0. The Hall–Kier alpha value is -3.03. The van der Waals surface area contributed by atoms with Gasteiger partial charge in [-0.1, -0.05) is 0 Å². The van der Waals surface area contributed by atoms with Crippen molar-refractivity contribution in [1.29, 1.82) is 0 Å². The molecular weight excluding hydrogens is 248 g/mol.